The summed E-state index contributed by atoms with van der Waals surface area (Å²) in [5, 5.41) is 1.19. The molecular formula is C24H19N3. The monoisotopic (exact) mass is 349 g/mol. The molecule has 27 heavy (non-hydrogen) atoms. The topological polar surface area (TPSA) is 30.2 Å². The second-order valence-corrected chi connectivity index (χ2v) is 6.90. The van der Waals surface area contributed by atoms with Gasteiger partial charge < -0.3 is 4.40 Å². The number of pyridine rings is 2. The number of benzene rings is 2. The lowest BCUT2D eigenvalue weighted by Gasteiger charge is -2.10. The summed E-state index contributed by atoms with van der Waals surface area (Å²) >= 11 is 0. The van der Waals surface area contributed by atoms with Gasteiger partial charge in [0.2, 0.25) is 0 Å². The Labute approximate surface area is 158 Å². The van der Waals surface area contributed by atoms with Crippen molar-refractivity contribution in [2.45, 2.75) is 13.3 Å². The largest absolute Gasteiger partial charge is 0.307 e. The molecule has 0 amide bonds. The zero-order valence-corrected chi connectivity index (χ0v) is 15.1. The van der Waals surface area contributed by atoms with Crippen LogP contribution in [-0.2, 0) is 6.42 Å². The summed E-state index contributed by atoms with van der Waals surface area (Å²) in [5.74, 6) is 0. The molecule has 130 valence electrons. The van der Waals surface area contributed by atoms with E-state index >= 15 is 0 Å². The minimum atomic E-state index is 0.805. The van der Waals surface area contributed by atoms with Crippen LogP contribution in [0.1, 0.15) is 17.0 Å². The van der Waals surface area contributed by atoms with E-state index in [4.69, 9.17) is 9.97 Å². The zero-order valence-electron chi connectivity index (χ0n) is 15.1. The van der Waals surface area contributed by atoms with Crippen molar-refractivity contribution in [2.24, 2.45) is 0 Å². The van der Waals surface area contributed by atoms with E-state index in [-0.39, 0.29) is 0 Å². The quantitative estimate of drug-likeness (QED) is 0.434. The zero-order chi connectivity index (χ0) is 18.2. The van der Waals surface area contributed by atoms with Gasteiger partial charge in [0.15, 0.2) is 0 Å². The molecule has 0 N–H and O–H groups in total. The molecule has 3 nitrogen and oxygen atoms in total. The summed E-state index contributed by atoms with van der Waals surface area (Å²) in [5.41, 5.74) is 7.82. The molecule has 0 atom stereocenters. The van der Waals surface area contributed by atoms with Crippen LogP contribution in [0.3, 0.4) is 0 Å². The molecule has 0 spiro atoms. The lowest BCUT2D eigenvalue weighted by molar-refractivity contribution is 1.11. The number of aromatic nitrogens is 3. The highest BCUT2D eigenvalue weighted by Crippen LogP contribution is 2.29. The summed E-state index contributed by atoms with van der Waals surface area (Å²) in [4.78, 5) is 9.46. The molecule has 0 unspecified atom stereocenters. The van der Waals surface area contributed by atoms with E-state index in [1.165, 1.54) is 22.1 Å². The molecule has 0 aliphatic rings. The van der Waals surface area contributed by atoms with Gasteiger partial charge in [0.1, 0.15) is 5.65 Å². The van der Waals surface area contributed by atoms with Crippen molar-refractivity contribution in [1.82, 2.24) is 14.4 Å². The van der Waals surface area contributed by atoms with Gasteiger partial charge in [0.25, 0.3) is 0 Å². The summed E-state index contributed by atoms with van der Waals surface area (Å²) in [6.45, 7) is 2.05. The molecule has 0 fully saturated rings. The number of nitrogens with zero attached hydrogens (tertiary/aromatic N) is 3. The summed E-state index contributed by atoms with van der Waals surface area (Å²) in [6, 6.07) is 25.3. The number of aryl methyl sites for hydroxylation is 1. The minimum Gasteiger partial charge on any atom is -0.307 e. The van der Waals surface area contributed by atoms with E-state index < -0.39 is 0 Å². The van der Waals surface area contributed by atoms with Crippen molar-refractivity contribution in [3.8, 4) is 11.1 Å². The maximum Gasteiger partial charge on any atom is 0.136 e. The molecule has 0 aliphatic heterocycles. The van der Waals surface area contributed by atoms with Crippen molar-refractivity contribution in [3.63, 3.8) is 0 Å². The van der Waals surface area contributed by atoms with E-state index in [9.17, 15) is 0 Å². The Morgan fingerprint density at radius 2 is 1.70 bits per heavy atom. The van der Waals surface area contributed by atoms with Crippen LogP contribution in [0.4, 0.5) is 0 Å². The predicted molar refractivity (Wildman–Crippen MR) is 110 cm³/mol. The van der Waals surface area contributed by atoms with Gasteiger partial charge in [-0.2, -0.15) is 0 Å². The lowest BCUT2D eigenvalue weighted by Crippen LogP contribution is -1.92. The van der Waals surface area contributed by atoms with Crippen LogP contribution in [0.25, 0.3) is 27.7 Å². The summed E-state index contributed by atoms with van der Waals surface area (Å²) in [6.07, 6.45) is 4.94. The highest BCUT2D eigenvalue weighted by Gasteiger charge is 2.09. The van der Waals surface area contributed by atoms with Crippen LogP contribution in [0, 0.1) is 6.92 Å². The first kappa shape index (κ1) is 15.8. The number of hydrogen-bond acceptors (Lipinski definition) is 2. The maximum absolute atomic E-state index is 4.73. The molecular weight excluding hydrogens is 330 g/mol. The Kier molecular flexibility index (Phi) is 3.72. The van der Waals surface area contributed by atoms with E-state index in [1.54, 1.807) is 0 Å². The highest BCUT2D eigenvalue weighted by atomic mass is 15.0. The first-order valence-corrected chi connectivity index (χ1v) is 9.14. The van der Waals surface area contributed by atoms with Crippen molar-refractivity contribution in [3.05, 3.63) is 102 Å². The van der Waals surface area contributed by atoms with E-state index in [0.29, 0.717) is 0 Å². The van der Waals surface area contributed by atoms with Crippen LogP contribution >= 0.6 is 0 Å². The SMILES string of the molecule is Cc1cc(-c2ccccc2)c2cc(Cc3cn4ccccc4n3)ccc2n1. The van der Waals surface area contributed by atoms with Gasteiger partial charge in [0.05, 0.1) is 11.2 Å². The van der Waals surface area contributed by atoms with E-state index in [1.807, 2.05) is 24.4 Å². The van der Waals surface area contributed by atoms with Crippen LogP contribution in [-0.4, -0.2) is 14.4 Å². The predicted octanol–water partition coefficient (Wildman–Crippen LogP) is 5.45. The molecule has 0 saturated carbocycles. The third kappa shape index (κ3) is 2.97. The minimum absolute atomic E-state index is 0.805. The van der Waals surface area contributed by atoms with Gasteiger partial charge in [0, 0.05) is 29.9 Å². The fraction of sp³-hybridized carbons (Fsp3) is 0.0833. The fourth-order valence-electron chi connectivity index (χ4n) is 3.65. The Hall–Kier alpha value is -3.46. The third-order valence-electron chi connectivity index (χ3n) is 4.89. The molecule has 0 radical (unpaired) electrons. The van der Waals surface area contributed by atoms with Gasteiger partial charge >= 0.3 is 0 Å². The van der Waals surface area contributed by atoms with Crippen LogP contribution < -0.4 is 0 Å². The van der Waals surface area contributed by atoms with Gasteiger partial charge in [-0.1, -0.05) is 42.5 Å². The molecule has 0 aliphatic carbocycles. The van der Waals surface area contributed by atoms with Crippen LogP contribution in [0.15, 0.2) is 85.2 Å². The van der Waals surface area contributed by atoms with Gasteiger partial charge in [-0.15, -0.1) is 0 Å². The molecule has 3 aromatic heterocycles. The normalized spacial score (nSPS) is 11.3. The van der Waals surface area contributed by atoms with Gasteiger partial charge in [-0.05, 0) is 53.9 Å². The molecule has 5 aromatic rings. The first-order chi connectivity index (χ1) is 13.3. The van der Waals surface area contributed by atoms with Crippen molar-refractivity contribution in [1.29, 1.82) is 0 Å². The second kappa shape index (κ2) is 6.36. The first-order valence-electron chi connectivity index (χ1n) is 9.14. The Balaban J connectivity index is 1.61. The van der Waals surface area contributed by atoms with E-state index in [2.05, 4.69) is 72.1 Å². The highest BCUT2D eigenvalue weighted by molar-refractivity contribution is 5.95. The van der Waals surface area contributed by atoms with E-state index in [0.717, 1.165) is 29.0 Å². The average molecular weight is 349 g/mol. The fourth-order valence-corrected chi connectivity index (χ4v) is 3.65. The second-order valence-electron chi connectivity index (χ2n) is 6.90. The number of hydrogen-bond donors (Lipinski definition) is 0. The third-order valence-corrected chi connectivity index (χ3v) is 4.89. The summed E-state index contributed by atoms with van der Waals surface area (Å²) < 4.78 is 2.07. The molecule has 5 rings (SSSR count). The molecule has 0 bridgehead atoms. The van der Waals surface area contributed by atoms with Crippen molar-refractivity contribution >= 4 is 16.6 Å². The van der Waals surface area contributed by atoms with Crippen LogP contribution in [0.2, 0.25) is 0 Å². The van der Waals surface area contributed by atoms with Crippen molar-refractivity contribution in [2.75, 3.05) is 0 Å². The number of fused-ring (bicyclic) bond motifs is 2. The lowest BCUT2D eigenvalue weighted by atomic mass is 9.98. The molecule has 3 heterocycles. The summed E-state index contributed by atoms with van der Waals surface area (Å²) in [7, 11) is 0. The average Bonchev–Trinajstić information content (AvgIpc) is 3.10. The number of rotatable bonds is 3. The number of imidazole rings is 1. The van der Waals surface area contributed by atoms with Crippen LogP contribution in [0.5, 0.6) is 0 Å². The maximum atomic E-state index is 4.73. The standard InChI is InChI=1S/C24H19N3/c1-17-13-21(19-7-3-2-4-8-19)22-15-18(10-11-23(22)25-17)14-20-16-27-12-6-5-9-24(27)26-20/h2-13,15-16H,14H2,1H3. The Morgan fingerprint density at radius 3 is 2.56 bits per heavy atom. The van der Waals surface area contributed by atoms with Crippen molar-refractivity contribution < 1.29 is 0 Å². The van der Waals surface area contributed by atoms with Gasteiger partial charge in [-0.3, -0.25) is 4.98 Å². The Morgan fingerprint density at radius 1 is 0.852 bits per heavy atom. The molecule has 3 heteroatoms. The Bertz CT molecular complexity index is 1220. The smallest absolute Gasteiger partial charge is 0.136 e. The molecule has 2 aromatic carbocycles. The van der Waals surface area contributed by atoms with Gasteiger partial charge in [-0.25, -0.2) is 4.98 Å². The molecule has 0 saturated heterocycles.